The number of allylic oxidation sites excluding steroid dienone is 6. The summed E-state index contributed by atoms with van der Waals surface area (Å²) in [6.45, 7) is 44.3. The van der Waals surface area contributed by atoms with Crippen LogP contribution in [0.5, 0.6) is 0 Å². The number of carbonyl (C=O) groups excluding carboxylic acids is 5. The van der Waals surface area contributed by atoms with Crippen LogP contribution < -0.4 is 0 Å². The summed E-state index contributed by atoms with van der Waals surface area (Å²) in [4.78, 5) is 47.5. The topological polar surface area (TPSA) is 139 Å². The second-order valence-electron chi connectivity index (χ2n) is 15.4. The van der Waals surface area contributed by atoms with Crippen molar-refractivity contribution in [2.45, 2.75) is 104 Å². The van der Waals surface area contributed by atoms with Crippen LogP contribution in [0.1, 0.15) is 94.5 Å². The first kappa shape index (κ1) is 61.8. The molecule has 4 heterocycles. The van der Waals surface area contributed by atoms with E-state index in [9.17, 15) is 0 Å². The van der Waals surface area contributed by atoms with Gasteiger partial charge in [-0.15, -0.1) is 22.8 Å². The minimum Gasteiger partial charge on any atom is -0.653 e. The van der Waals surface area contributed by atoms with Crippen molar-refractivity contribution in [3.63, 3.8) is 0 Å². The van der Waals surface area contributed by atoms with Gasteiger partial charge in [0.25, 0.3) is 0 Å². The van der Waals surface area contributed by atoms with E-state index in [1.54, 1.807) is 0 Å². The SMILES string of the molecule is CC(C)(C)[PH+](C=C1C=CC=C(c2ccccn2)[N-]1)C(C)(C)C.CC(C)(C)[PH+](C=C1C=CC=C(c2ccccn2)[N-]1)C(C)(C)C.[CH-]=O.[CH-]=O.[CH-]=O.[CH-]=O.[CH-]=O.[Mn+3].[Mn]. The van der Waals surface area contributed by atoms with E-state index >= 15 is 0 Å². The zero-order valence-electron chi connectivity index (χ0n) is 34.7. The molecule has 0 fully saturated rings. The minimum absolute atomic E-state index is 0. The quantitative estimate of drug-likeness (QED) is 0.129. The first-order valence-corrected chi connectivity index (χ1v) is 19.9. The molecule has 56 heavy (non-hydrogen) atoms. The fourth-order valence-electron chi connectivity index (χ4n) is 5.79. The van der Waals surface area contributed by atoms with Gasteiger partial charge < -0.3 is 34.6 Å². The molecule has 2 aromatic rings. The van der Waals surface area contributed by atoms with E-state index in [1.165, 1.54) is 0 Å². The summed E-state index contributed by atoms with van der Waals surface area (Å²) in [6, 6.07) is 11.9. The summed E-state index contributed by atoms with van der Waals surface area (Å²) in [5.41, 5.74) is 5.89. The van der Waals surface area contributed by atoms with Gasteiger partial charge in [-0.25, -0.2) is 0 Å². The van der Waals surface area contributed by atoms with Crippen LogP contribution in [0.4, 0.5) is 0 Å². The number of aromatic nitrogens is 2. The predicted molar refractivity (Wildman–Crippen MR) is 235 cm³/mol. The van der Waals surface area contributed by atoms with Crippen LogP contribution in [0.15, 0.2) is 108 Å². The molecule has 0 saturated heterocycles. The van der Waals surface area contributed by atoms with Gasteiger partial charge in [0, 0.05) is 68.3 Å². The third-order valence-electron chi connectivity index (χ3n) is 7.21. The van der Waals surface area contributed by atoms with Crippen LogP contribution >= 0.6 is 15.8 Å². The number of pyridine rings is 2. The van der Waals surface area contributed by atoms with Gasteiger partial charge in [0.2, 0.25) is 0 Å². The monoisotopic (exact) mass is 883 g/mol. The fraction of sp³-hybridized carbons (Fsp3) is 0.372. The largest absolute Gasteiger partial charge is 3.00 e. The van der Waals surface area contributed by atoms with Gasteiger partial charge in [0.05, 0.1) is 20.6 Å². The Morgan fingerprint density at radius 2 is 0.768 bits per heavy atom. The summed E-state index contributed by atoms with van der Waals surface area (Å²) < 4.78 is 0. The Morgan fingerprint density at radius 3 is 0.982 bits per heavy atom. The van der Waals surface area contributed by atoms with Gasteiger partial charge in [-0.05, 0) is 107 Å². The molecule has 0 bridgehead atoms. The van der Waals surface area contributed by atoms with Crippen LogP contribution in [0.3, 0.4) is 0 Å². The van der Waals surface area contributed by atoms with Crippen LogP contribution in [0.2, 0.25) is 0 Å². The van der Waals surface area contributed by atoms with Gasteiger partial charge in [-0.1, -0.05) is 48.6 Å². The molecule has 13 heteroatoms. The number of hydrogen-bond donors (Lipinski definition) is 0. The maximum absolute atomic E-state index is 7.75. The number of hydrogen-bond acceptors (Lipinski definition) is 7. The summed E-state index contributed by atoms with van der Waals surface area (Å²) in [5.74, 6) is 4.83. The summed E-state index contributed by atoms with van der Waals surface area (Å²) >= 11 is 0. The van der Waals surface area contributed by atoms with Crippen LogP contribution in [-0.4, -0.2) is 64.5 Å². The molecule has 0 amide bonds. The molecular weight excluding hydrogens is 824 g/mol. The van der Waals surface area contributed by atoms with E-state index in [-0.39, 0.29) is 34.1 Å². The molecule has 0 aliphatic carbocycles. The Morgan fingerprint density at radius 1 is 0.500 bits per heavy atom. The fourth-order valence-corrected chi connectivity index (χ4v) is 12.9. The second kappa shape index (κ2) is 31.6. The summed E-state index contributed by atoms with van der Waals surface area (Å²) in [5, 5.41) is 10.8. The maximum atomic E-state index is 7.75. The molecule has 2 aliphatic rings. The zero-order valence-corrected chi connectivity index (χ0v) is 39.1. The second-order valence-corrected chi connectivity index (χ2v) is 23.7. The average molecular weight is 884 g/mol. The first-order chi connectivity index (χ1) is 25.4. The Bertz CT molecular complexity index is 1390. The summed E-state index contributed by atoms with van der Waals surface area (Å²) in [7, 11) is -1.47. The van der Waals surface area contributed by atoms with Crippen LogP contribution in [-0.2, 0) is 58.1 Å². The Balaban J connectivity index is -0.000000246. The van der Waals surface area contributed by atoms with Crippen molar-refractivity contribution < 1.29 is 58.1 Å². The van der Waals surface area contributed by atoms with E-state index in [4.69, 9.17) is 34.6 Å². The maximum Gasteiger partial charge on any atom is 3.00 e. The molecule has 9 nitrogen and oxygen atoms in total. The van der Waals surface area contributed by atoms with Crippen molar-refractivity contribution in [2.24, 2.45) is 0 Å². The van der Waals surface area contributed by atoms with Gasteiger partial charge in [-0.2, -0.15) is 0 Å². The van der Waals surface area contributed by atoms with E-state index < -0.39 is 15.8 Å². The molecule has 0 unspecified atom stereocenters. The van der Waals surface area contributed by atoms with Crippen molar-refractivity contribution in [1.29, 1.82) is 0 Å². The molecule has 307 valence electrons. The Kier molecular flexibility index (Phi) is 34.9. The third-order valence-corrected chi connectivity index (χ3v) is 14.8. The van der Waals surface area contributed by atoms with Gasteiger partial charge in [-0.3, -0.25) is 43.9 Å². The van der Waals surface area contributed by atoms with Crippen molar-refractivity contribution in [2.75, 3.05) is 0 Å². The Hall–Kier alpha value is -3.41. The minimum atomic E-state index is -0.734. The molecule has 0 spiro atoms. The van der Waals surface area contributed by atoms with E-state index in [2.05, 4.69) is 163 Å². The normalized spacial score (nSPS) is 14.2. The molecule has 0 N–H and O–H groups in total. The Labute approximate surface area is 361 Å². The standard InChI is InChI=1S/2C19H26N2P.5CHO.2Mn/c2*1-18(2,3)22(19(4,5)6)14-15-10-9-12-17(21-15)16-11-7-8-13-20-16;5*1-2;;/h2*7-14H,1-6H3;5*1H;;/q7*-1;;+3/p+2. The molecule has 0 atom stereocenters. The van der Waals surface area contributed by atoms with Crippen molar-refractivity contribution in [1.82, 2.24) is 9.97 Å². The van der Waals surface area contributed by atoms with Crippen molar-refractivity contribution >= 4 is 61.2 Å². The molecule has 2 aliphatic heterocycles. The van der Waals surface area contributed by atoms with Crippen molar-refractivity contribution in [3.8, 4) is 0 Å². The smallest absolute Gasteiger partial charge is 0.653 e. The van der Waals surface area contributed by atoms with Gasteiger partial charge in [0.15, 0.2) is 0 Å². The van der Waals surface area contributed by atoms with Crippen LogP contribution in [0, 0.1) is 0 Å². The first-order valence-electron chi connectivity index (χ1n) is 16.8. The molecule has 0 saturated carbocycles. The number of nitrogens with zero attached hydrogens (tertiary/aromatic N) is 4. The van der Waals surface area contributed by atoms with Gasteiger partial charge >= 0.3 is 17.1 Å². The molecule has 1 radical (unpaired) electrons. The predicted octanol–water partition coefficient (Wildman–Crippen LogP) is 10.7. The average Bonchev–Trinajstić information content (AvgIpc) is 3.16. The molecule has 2 aromatic heterocycles. The molecule has 4 rings (SSSR count). The molecule has 0 aromatic carbocycles. The van der Waals surface area contributed by atoms with Gasteiger partial charge in [0.1, 0.15) is 0 Å². The third kappa shape index (κ3) is 23.6. The summed E-state index contributed by atoms with van der Waals surface area (Å²) in [6.07, 6.45) is 16.0. The van der Waals surface area contributed by atoms with E-state index in [0.717, 1.165) is 34.2 Å². The molecular formula is C43H59Mn2N4O5P2-2. The zero-order chi connectivity index (χ0) is 42.8. The van der Waals surface area contributed by atoms with E-state index in [1.807, 2.05) is 60.9 Å². The number of rotatable bonds is 4. The van der Waals surface area contributed by atoms with E-state index in [0.29, 0.717) is 20.6 Å². The van der Waals surface area contributed by atoms with Crippen molar-refractivity contribution in [3.05, 3.63) is 130 Å². The van der Waals surface area contributed by atoms with Crippen LogP contribution in [0.25, 0.3) is 22.0 Å².